The van der Waals surface area contributed by atoms with Crippen LogP contribution in [0.25, 0.3) is 0 Å². The highest BCUT2D eigenvalue weighted by Gasteiger charge is 2.18. The molecule has 2 atom stereocenters. The van der Waals surface area contributed by atoms with Gasteiger partial charge in [-0.3, -0.25) is 4.79 Å². The summed E-state index contributed by atoms with van der Waals surface area (Å²) in [5.74, 6) is -0.0967. The molecule has 0 saturated heterocycles. The summed E-state index contributed by atoms with van der Waals surface area (Å²) < 4.78 is 4.94. The zero-order valence-electron chi connectivity index (χ0n) is 10.7. The maximum Gasteiger partial charge on any atom is 0.307 e. The summed E-state index contributed by atoms with van der Waals surface area (Å²) in [5.41, 5.74) is 0. The molecule has 15 heavy (non-hydrogen) atoms. The second-order valence-electron chi connectivity index (χ2n) is 4.16. The van der Waals surface area contributed by atoms with Gasteiger partial charge in [0, 0.05) is 12.1 Å². The Balaban J connectivity index is 3.96. The van der Waals surface area contributed by atoms with Crippen molar-refractivity contribution < 1.29 is 9.53 Å². The highest BCUT2D eigenvalue weighted by molar-refractivity contribution is 5.70. The summed E-state index contributed by atoms with van der Waals surface area (Å²) in [7, 11) is 2.07. The van der Waals surface area contributed by atoms with Gasteiger partial charge in [0.2, 0.25) is 0 Å². The molecule has 0 saturated carbocycles. The summed E-state index contributed by atoms with van der Waals surface area (Å²) in [4.78, 5) is 13.5. The van der Waals surface area contributed by atoms with Gasteiger partial charge < -0.3 is 9.64 Å². The number of carbonyl (C=O) groups is 1. The third-order valence-electron chi connectivity index (χ3n) is 2.86. The largest absolute Gasteiger partial charge is 0.466 e. The Labute approximate surface area is 93.8 Å². The molecule has 0 rings (SSSR count). The van der Waals surface area contributed by atoms with Crippen molar-refractivity contribution in [3.8, 4) is 0 Å². The van der Waals surface area contributed by atoms with Crippen molar-refractivity contribution in [2.75, 3.05) is 13.7 Å². The molecule has 90 valence electrons. The first-order valence-electron chi connectivity index (χ1n) is 5.90. The Morgan fingerprint density at radius 2 is 1.87 bits per heavy atom. The molecule has 0 bridgehead atoms. The van der Waals surface area contributed by atoms with E-state index < -0.39 is 0 Å². The zero-order chi connectivity index (χ0) is 11.8. The Hall–Kier alpha value is -0.570. The topological polar surface area (TPSA) is 29.5 Å². The predicted molar refractivity (Wildman–Crippen MR) is 62.8 cm³/mol. The van der Waals surface area contributed by atoms with E-state index in [1.807, 2.05) is 6.92 Å². The quantitative estimate of drug-likeness (QED) is 0.611. The van der Waals surface area contributed by atoms with Gasteiger partial charge in [-0.1, -0.05) is 13.3 Å². The predicted octanol–water partition coefficient (Wildman–Crippen LogP) is 2.45. The minimum Gasteiger partial charge on any atom is -0.466 e. The Morgan fingerprint density at radius 1 is 1.27 bits per heavy atom. The molecular formula is C12H25NO2. The second-order valence-corrected chi connectivity index (χ2v) is 4.16. The van der Waals surface area contributed by atoms with E-state index in [4.69, 9.17) is 4.74 Å². The molecule has 0 aromatic heterocycles. The summed E-state index contributed by atoms with van der Waals surface area (Å²) in [6.45, 7) is 8.76. The lowest BCUT2D eigenvalue weighted by molar-refractivity contribution is -0.144. The molecule has 0 aromatic rings. The van der Waals surface area contributed by atoms with Crippen molar-refractivity contribution in [3.05, 3.63) is 0 Å². The van der Waals surface area contributed by atoms with Crippen LogP contribution in [0.15, 0.2) is 0 Å². The molecule has 3 heteroatoms. The van der Waals surface area contributed by atoms with Gasteiger partial charge in [-0.25, -0.2) is 0 Å². The highest BCUT2D eigenvalue weighted by atomic mass is 16.5. The zero-order valence-corrected chi connectivity index (χ0v) is 10.7. The SMILES string of the molecule is CCCC(C)N(C)C(C)CC(=O)OCC. The van der Waals surface area contributed by atoms with Gasteiger partial charge in [-0.05, 0) is 34.2 Å². The fourth-order valence-electron chi connectivity index (χ4n) is 1.66. The van der Waals surface area contributed by atoms with Crippen molar-refractivity contribution in [2.24, 2.45) is 0 Å². The normalized spacial score (nSPS) is 15.1. The van der Waals surface area contributed by atoms with Crippen LogP contribution in [0.5, 0.6) is 0 Å². The first kappa shape index (κ1) is 14.4. The molecule has 2 unspecified atom stereocenters. The van der Waals surface area contributed by atoms with Crippen LogP contribution in [-0.4, -0.2) is 36.6 Å². The smallest absolute Gasteiger partial charge is 0.307 e. The standard InChI is InChI=1S/C12H25NO2/c1-6-8-10(3)13(5)11(4)9-12(14)15-7-2/h10-11H,6-9H2,1-5H3. The van der Waals surface area contributed by atoms with Crippen LogP contribution in [0, 0.1) is 0 Å². The van der Waals surface area contributed by atoms with Gasteiger partial charge in [0.05, 0.1) is 13.0 Å². The van der Waals surface area contributed by atoms with E-state index in [9.17, 15) is 4.79 Å². The fraction of sp³-hybridized carbons (Fsp3) is 0.917. The van der Waals surface area contributed by atoms with E-state index >= 15 is 0 Å². The molecular weight excluding hydrogens is 190 g/mol. The second kappa shape index (κ2) is 7.69. The van der Waals surface area contributed by atoms with Crippen LogP contribution in [-0.2, 0) is 9.53 Å². The molecule has 0 amide bonds. The molecule has 3 nitrogen and oxygen atoms in total. The Kier molecular flexibility index (Phi) is 7.39. The fourth-order valence-corrected chi connectivity index (χ4v) is 1.66. The summed E-state index contributed by atoms with van der Waals surface area (Å²) in [6.07, 6.45) is 2.83. The van der Waals surface area contributed by atoms with Gasteiger partial charge in [0.15, 0.2) is 0 Å². The number of hydrogen-bond donors (Lipinski definition) is 0. The van der Waals surface area contributed by atoms with E-state index in [0.29, 0.717) is 19.1 Å². The number of hydrogen-bond acceptors (Lipinski definition) is 3. The molecule has 0 fully saturated rings. The van der Waals surface area contributed by atoms with E-state index in [1.165, 1.54) is 12.8 Å². The summed E-state index contributed by atoms with van der Waals surface area (Å²) in [6, 6.07) is 0.782. The average Bonchev–Trinajstić information content (AvgIpc) is 2.17. The molecule has 0 aliphatic carbocycles. The van der Waals surface area contributed by atoms with E-state index in [-0.39, 0.29) is 12.0 Å². The van der Waals surface area contributed by atoms with Crippen LogP contribution in [0.3, 0.4) is 0 Å². The van der Waals surface area contributed by atoms with Crippen molar-refractivity contribution in [3.63, 3.8) is 0 Å². The average molecular weight is 215 g/mol. The van der Waals surface area contributed by atoms with E-state index in [0.717, 1.165) is 0 Å². The lowest BCUT2D eigenvalue weighted by Gasteiger charge is -2.30. The number of nitrogens with zero attached hydrogens (tertiary/aromatic N) is 1. The van der Waals surface area contributed by atoms with Crippen LogP contribution in [0.1, 0.15) is 47.0 Å². The van der Waals surface area contributed by atoms with Gasteiger partial charge in [0.25, 0.3) is 0 Å². The molecule has 0 N–H and O–H groups in total. The molecule has 0 aliphatic heterocycles. The molecule has 0 radical (unpaired) electrons. The number of esters is 1. The number of rotatable bonds is 7. The minimum absolute atomic E-state index is 0.0967. The number of ether oxygens (including phenoxy) is 1. The van der Waals surface area contributed by atoms with Crippen molar-refractivity contribution in [2.45, 2.75) is 59.0 Å². The molecule has 0 aromatic carbocycles. The molecule has 0 heterocycles. The first-order valence-corrected chi connectivity index (χ1v) is 5.90. The Morgan fingerprint density at radius 3 is 2.33 bits per heavy atom. The highest BCUT2D eigenvalue weighted by Crippen LogP contribution is 2.11. The third-order valence-corrected chi connectivity index (χ3v) is 2.86. The summed E-state index contributed by atoms with van der Waals surface area (Å²) in [5, 5.41) is 0. The van der Waals surface area contributed by atoms with Crippen molar-refractivity contribution in [1.29, 1.82) is 0 Å². The van der Waals surface area contributed by atoms with Gasteiger partial charge in [0.1, 0.15) is 0 Å². The van der Waals surface area contributed by atoms with Crippen LogP contribution < -0.4 is 0 Å². The summed E-state index contributed by atoms with van der Waals surface area (Å²) >= 11 is 0. The molecule has 0 spiro atoms. The van der Waals surface area contributed by atoms with Gasteiger partial charge >= 0.3 is 5.97 Å². The van der Waals surface area contributed by atoms with Gasteiger partial charge in [-0.15, -0.1) is 0 Å². The first-order chi connectivity index (χ1) is 7.02. The van der Waals surface area contributed by atoms with Crippen LogP contribution in [0.4, 0.5) is 0 Å². The van der Waals surface area contributed by atoms with E-state index in [1.54, 1.807) is 0 Å². The Bertz CT molecular complexity index is 182. The van der Waals surface area contributed by atoms with E-state index in [2.05, 4.69) is 32.7 Å². The monoisotopic (exact) mass is 215 g/mol. The van der Waals surface area contributed by atoms with Crippen molar-refractivity contribution in [1.82, 2.24) is 4.90 Å². The van der Waals surface area contributed by atoms with Crippen molar-refractivity contribution >= 4 is 5.97 Å². The van der Waals surface area contributed by atoms with Gasteiger partial charge in [-0.2, -0.15) is 0 Å². The maximum absolute atomic E-state index is 11.3. The van der Waals surface area contributed by atoms with Crippen LogP contribution in [0.2, 0.25) is 0 Å². The lowest BCUT2D eigenvalue weighted by Crippen LogP contribution is -2.38. The third kappa shape index (κ3) is 5.78. The van der Waals surface area contributed by atoms with Crippen LogP contribution >= 0.6 is 0 Å². The minimum atomic E-state index is -0.0967. The number of carbonyl (C=O) groups excluding carboxylic acids is 1. The maximum atomic E-state index is 11.3. The lowest BCUT2D eigenvalue weighted by atomic mass is 10.1. The molecule has 0 aliphatic rings.